The molecule has 5 heteroatoms. The summed E-state index contributed by atoms with van der Waals surface area (Å²) in [5, 5.41) is 12.8. The van der Waals surface area contributed by atoms with Crippen LogP contribution < -0.4 is 10.6 Å². The molecule has 0 radical (unpaired) electrons. The van der Waals surface area contributed by atoms with Crippen LogP contribution in [0.1, 0.15) is 12.5 Å². The summed E-state index contributed by atoms with van der Waals surface area (Å²) in [4.78, 5) is 10.0. The Morgan fingerprint density at radius 1 is 0.839 bits per heavy atom. The maximum Gasteiger partial charge on any atom is 0.138 e. The highest BCUT2D eigenvalue weighted by molar-refractivity contribution is 7.17. The van der Waals surface area contributed by atoms with Crippen LogP contribution in [0, 0.1) is 0 Å². The number of benzene rings is 3. The van der Waals surface area contributed by atoms with Crippen LogP contribution in [0.4, 0.5) is 11.5 Å². The van der Waals surface area contributed by atoms with Crippen LogP contribution in [0.2, 0.25) is 0 Å². The standard InChI is InChI=1S/C26H24N4S/c1-2-18-10-12-20(13-11-18)22-16-31-26-24(22)25(29-17-30-26)28-15-14-27-23-9-5-7-19-6-3-4-8-21(19)23/h3-13,16-17,27H,2,14-15H2,1H3,(H,28,29,30). The fourth-order valence-electron chi connectivity index (χ4n) is 3.90. The summed E-state index contributed by atoms with van der Waals surface area (Å²) in [6.45, 7) is 3.74. The van der Waals surface area contributed by atoms with Crippen molar-refractivity contribution in [2.75, 3.05) is 23.7 Å². The number of hydrogen-bond donors (Lipinski definition) is 2. The molecule has 0 aliphatic carbocycles. The number of thiophene rings is 1. The molecule has 0 fully saturated rings. The third-order valence-corrected chi connectivity index (χ3v) is 6.45. The van der Waals surface area contributed by atoms with E-state index >= 15 is 0 Å². The lowest BCUT2D eigenvalue weighted by molar-refractivity contribution is 1.06. The Hall–Kier alpha value is -3.44. The van der Waals surface area contributed by atoms with Crippen molar-refractivity contribution in [1.29, 1.82) is 0 Å². The van der Waals surface area contributed by atoms with Crippen LogP contribution in [0.25, 0.3) is 32.1 Å². The zero-order valence-corrected chi connectivity index (χ0v) is 18.2. The Labute approximate surface area is 186 Å². The minimum Gasteiger partial charge on any atom is -0.383 e. The average Bonchev–Trinajstić information content (AvgIpc) is 3.27. The van der Waals surface area contributed by atoms with E-state index in [1.54, 1.807) is 17.7 Å². The molecule has 154 valence electrons. The van der Waals surface area contributed by atoms with E-state index < -0.39 is 0 Å². The molecule has 2 heterocycles. The number of aromatic nitrogens is 2. The zero-order valence-electron chi connectivity index (χ0n) is 17.4. The van der Waals surface area contributed by atoms with Crippen molar-refractivity contribution < 1.29 is 0 Å². The summed E-state index contributed by atoms with van der Waals surface area (Å²) in [6, 6.07) is 23.6. The molecule has 0 aliphatic heterocycles. The van der Waals surface area contributed by atoms with Gasteiger partial charge in [-0.2, -0.15) is 0 Å². The summed E-state index contributed by atoms with van der Waals surface area (Å²) in [7, 11) is 0. The molecule has 0 amide bonds. The maximum absolute atomic E-state index is 4.55. The molecule has 2 N–H and O–H groups in total. The fourth-order valence-corrected chi connectivity index (χ4v) is 4.82. The molecule has 5 aromatic rings. The Bertz CT molecular complexity index is 1320. The molecule has 0 bridgehead atoms. The first-order valence-corrected chi connectivity index (χ1v) is 11.5. The summed E-state index contributed by atoms with van der Waals surface area (Å²) < 4.78 is 0. The molecule has 2 aromatic heterocycles. The zero-order chi connectivity index (χ0) is 21.0. The first-order chi connectivity index (χ1) is 15.3. The van der Waals surface area contributed by atoms with Gasteiger partial charge in [0.1, 0.15) is 17.0 Å². The number of anilines is 2. The maximum atomic E-state index is 4.55. The van der Waals surface area contributed by atoms with E-state index in [1.165, 1.54) is 27.5 Å². The van der Waals surface area contributed by atoms with Crippen molar-refractivity contribution in [3.05, 3.63) is 84.0 Å². The first-order valence-electron chi connectivity index (χ1n) is 10.6. The summed E-state index contributed by atoms with van der Waals surface area (Å²) in [6.07, 6.45) is 2.69. The molecule has 31 heavy (non-hydrogen) atoms. The molecule has 0 atom stereocenters. The Morgan fingerprint density at radius 2 is 1.65 bits per heavy atom. The van der Waals surface area contributed by atoms with Gasteiger partial charge in [0.25, 0.3) is 0 Å². The van der Waals surface area contributed by atoms with E-state index in [0.717, 1.165) is 41.2 Å². The normalized spacial score (nSPS) is 11.1. The molecule has 0 spiro atoms. The van der Waals surface area contributed by atoms with Crippen LogP contribution in [0.15, 0.2) is 78.4 Å². The quantitative estimate of drug-likeness (QED) is 0.289. The number of aryl methyl sites for hydroxylation is 1. The second-order valence-corrected chi connectivity index (χ2v) is 8.34. The number of fused-ring (bicyclic) bond motifs is 2. The average molecular weight is 425 g/mol. The minimum atomic E-state index is 0.763. The smallest absolute Gasteiger partial charge is 0.138 e. The molecule has 0 saturated carbocycles. The van der Waals surface area contributed by atoms with Crippen LogP contribution in [-0.4, -0.2) is 23.1 Å². The van der Waals surface area contributed by atoms with Gasteiger partial charge in [0.15, 0.2) is 0 Å². The Balaban J connectivity index is 1.34. The van der Waals surface area contributed by atoms with E-state index in [2.05, 4.69) is 99.6 Å². The van der Waals surface area contributed by atoms with Crippen LogP contribution in [0.5, 0.6) is 0 Å². The van der Waals surface area contributed by atoms with Crippen molar-refractivity contribution in [2.24, 2.45) is 0 Å². The Kier molecular flexibility index (Phi) is 5.50. The van der Waals surface area contributed by atoms with Gasteiger partial charge in [-0.25, -0.2) is 9.97 Å². The SMILES string of the molecule is CCc1ccc(-c2csc3ncnc(NCCNc4cccc5ccccc45)c23)cc1. The van der Waals surface area contributed by atoms with E-state index in [9.17, 15) is 0 Å². The molecular weight excluding hydrogens is 400 g/mol. The summed E-state index contributed by atoms with van der Waals surface area (Å²) in [5.74, 6) is 0.889. The van der Waals surface area contributed by atoms with E-state index in [4.69, 9.17) is 0 Å². The van der Waals surface area contributed by atoms with E-state index in [0.29, 0.717) is 0 Å². The second kappa shape index (κ2) is 8.74. The molecule has 0 saturated heterocycles. The number of nitrogens with one attached hydrogen (secondary N) is 2. The van der Waals surface area contributed by atoms with Crippen molar-refractivity contribution >= 4 is 43.8 Å². The predicted octanol–water partition coefficient (Wildman–Crippen LogP) is 6.60. The topological polar surface area (TPSA) is 49.8 Å². The molecule has 4 nitrogen and oxygen atoms in total. The first kappa shape index (κ1) is 19.5. The molecule has 3 aromatic carbocycles. The minimum absolute atomic E-state index is 0.763. The van der Waals surface area contributed by atoms with Gasteiger partial charge in [0.05, 0.1) is 5.39 Å². The van der Waals surface area contributed by atoms with Gasteiger partial charge in [-0.05, 0) is 29.0 Å². The van der Waals surface area contributed by atoms with Gasteiger partial charge < -0.3 is 10.6 Å². The van der Waals surface area contributed by atoms with Gasteiger partial charge in [0.2, 0.25) is 0 Å². The third kappa shape index (κ3) is 3.97. The van der Waals surface area contributed by atoms with Gasteiger partial charge in [-0.1, -0.05) is 67.6 Å². The van der Waals surface area contributed by atoms with Gasteiger partial charge >= 0.3 is 0 Å². The molecule has 0 aliphatic rings. The largest absolute Gasteiger partial charge is 0.383 e. The lowest BCUT2D eigenvalue weighted by atomic mass is 10.0. The number of nitrogens with zero attached hydrogens (tertiary/aromatic N) is 2. The molecule has 0 unspecified atom stereocenters. The fraction of sp³-hybridized carbons (Fsp3) is 0.154. The number of rotatable bonds is 7. The van der Waals surface area contributed by atoms with Gasteiger partial charge in [0, 0.05) is 35.1 Å². The summed E-state index contributed by atoms with van der Waals surface area (Å²) >= 11 is 1.66. The van der Waals surface area contributed by atoms with Crippen LogP contribution >= 0.6 is 11.3 Å². The van der Waals surface area contributed by atoms with Crippen molar-refractivity contribution in [1.82, 2.24) is 9.97 Å². The van der Waals surface area contributed by atoms with Crippen LogP contribution in [-0.2, 0) is 6.42 Å². The predicted molar refractivity (Wildman–Crippen MR) is 133 cm³/mol. The summed E-state index contributed by atoms with van der Waals surface area (Å²) in [5.41, 5.74) is 4.89. The van der Waals surface area contributed by atoms with Crippen molar-refractivity contribution in [3.8, 4) is 11.1 Å². The number of hydrogen-bond acceptors (Lipinski definition) is 5. The highest BCUT2D eigenvalue weighted by atomic mass is 32.1. The van der Waals surface area contributed by atoms with Crippen LogP contribution in [0.3, 0.4) is 0 Å². The highest BCUT2D eigenvalue weighted by Gasteiger charge is 2.13. The molecule has 5 rings (SSSR count). The third-order valence-electron chi connectivity index (χ3n) is 5.57. The lowest BCUT2D eigenvalue weighted by Crippen LogP contribution is -2.14. The molecular formula is C26H24N4S. The van der Waals surface area contributed by atoms with Gasteiger partial charge in [-0.15, -0.1) is 11.3 Å². The lowest BCUT2D eigenvalue weighted by Gasteiger charge is -2.12. The second-order valence-electron chi connectivity index (χ2n) is 7.48. The van der Waals surface area contributed by atoms with Gasteiger partial charge in [-0.3, -0.25) is 0 Å². The van der Waals surface area contributed by atoms with Crippen molar-refractivity contribution in [3.63, 3.8) is 0 Å². The van der Waals surface area contributed by atoms with Crippen molar-refractivity contribution in [2.45, 2.75) is 13.3 Å². The highest BCUT2D eigenvalue weighted by Crippen LogP contribution is 2.36. The van der Waals surface area contributed by atoms with E-state index in [-0.39, 0.29) is 0 Å². The Morgan fingerprint density at radius 3 is 2.52 bits per heavy atom. The van der Waals surface area contributed by atoms with E-state index in [1.807, 2.05) is 0 Å². The monoisotopic (exact) mass is 424 g/mol.